The number of carbonyl (C=O) groups excluding carboxylic acids is 1. The van der Waals surface area contributed by atoms with Crippen molar-refractivity contribution in [1.29, 1.82) is 0 Å². The van der Waals surface area contributed by atoms with Gasteiger partial charge in [-0.15, -0.1) is 0 Å². The predicted octanol–water partition coefficient (Wildman–Crippen LogP) is 3.68. The van der Waals surface area contributed by atoms with Crippen molar-refractivity contribution in [3.05, 3.63) is 65.6 Å². The molecule has 3 aromatic heterocycles. The highest BCUT2D eigenvalue weighted by Crippen LogP contribution is 2.28. The number of aromatic nitrogens is 4. The molecule has 4 aromatic rings. The van der Waals surface area contributed by atoms with Gasteiger partial charge >= 0.3 is 0 Å². The Hall–Kier alpha value is -3.22. The minimum absolute atomic E-state index is 0.0354. The molecule has 1 fully saturated rings. The highest BCUT2D eigenvalue weighted by atomic mass is 19.1. The lowest BCUT2D eigenvalue weighted by atomic mass is 9.95. The van der Waals surface area contributed by atoms with Crippen LogP contribution in [0.5, 0.6) is 0 Å². The first-order chi connectivity index (χ1) is 13.6. The smallest absolute Gasteiger partial charge is 0.254 e. The maximum Gasteiger partial charge on any atom is 0.254 e. The van der Waals surface area contributed by atoms with Crippen LogP contribution in [0, 0.1) is 12.7 Å². The molecule has 28 heavy (non-hydrogen) atoms. The van der Waals surface area contributed by atoms with E-state index in [1.165, 1.54) is 12.1 Å². The van der Waals surface area contributed by atoms with E-state index in [-0.39, 0.29) is 17.6 Å². The number of pyridine rings is 1. The summed E-state index contributed by atoms with van der Waals surface area (Å²) in [4.78, 5) is 27.1. The molecule has 0 aliphatic carbocycles. The quantitative estimate of drug-likeness (QED) is 0.580. The van der Waals surface area contributed by atoms with Gasteiger partial charge in [-0.1, -0.05) is 0 Å². The molecule has 1 saturated heterocycles. The van der Waals surface area contributed by atoms with Crippen molar-refractivity contribution in [2.24, 2.45) is 0 Å². The second-order valence-electron chi connectivity index (χ2n) is 7.41. The summed E-state index contributed by atoms with van der Waals surface area (Å²) in [7, 11) is 0. The summed E-state index contributed by atoms with van der Waals surface area (Å²) in [5, 5.41) is 0. The lowest BCUT2D eigenvalue weighted by Gasteiger charge is -2.31. The normalized spacial score (nSPS) is 15.6. The first kappa shape index (κ1) is 16.9. The van der Waals surface area contributed by atoms with Crippen molar-refractivity contribution in [3.8, 4) is 0 Å². The number of nitrogens with one attached hydrogen (secondary N) is 1. The molecule has 0 unspecified atom stereocenters. The summed E-state index contributed by atoms with van der Waals surface area (Å²) >= 11 is 0. The molecule has 1 aliphatic rings. The SMILES string of the molecule is Cc1cn2ccc(C(=O)N3CCC(c4nc5ccc(F)cc5[nH]4)CC3)cc2n1. The van der Waals surface area contributed by atoms with Crippen molar-refractivity contribution in [1.82, 2.24) is 24.3 Å². The van der Waals surface area contributed by atoms with Crippen molar-refractivity contribution < 1.29 is 9.18 Å². The lowest BCUT2D eigenvalue weighted by Crippen LogP contribution is -2.38. The average Bonchev–Trinajstić information content (AvgIpc) is 3.28. The number of imidazole rings is 2. The predicted molar refractivity (Wildman–Crippen MR) is 104 cm³/mol. The molecule has 1 aliphatic heterocycles. The van der Waals surface area contributed by atoms with Gasteiger partial charge in [0.15, 0.2) is 0 Å². The second kappa shape index (κ2) is 6.44. The summed E-state index contributed by atoms with van der Waals surface area (Å²) < 4.78 is 15.3. The van der Waals surface area contributed by atoms with Crippen LogP contribution >= 0.6 is 0 Å². The van der Waals surface area contributed by atoms with E-state index in [1.54, 1.807) is 6.07 Å². The van der Waals surface area contributed by atoms with Gasteiger partial charge in [0.25, 0.3) is 5.91 Å². The Bertz CT molecular complexity index is 1190. The van der Waals surface area contributed by atoms with Crippen molar-refractivity contribution in [2.45, 2.75) is 25.7 Å². The Labute approximate surface area is 161 Å². The van der Waals surface area contributed by atoms with E-state index in [0.717, 1.165) is 41.0 Å². The van der Waals surface area contributed by atoms with Gasteiger partial charge in [-0.25, -0.2) is 14.4 Å². The molecular formula is C21H20FN5O. The number of benzene rings is 1. The van der Waals surface area contributed by atoms with Gasteiger partial charge in [-0.2, -0.15) is 0 Å². The van der Waals surface area contributed by atoms with Crippen LogP contribution in [0.2, 0.25) is 0 Å². The first-order valence-electron chi connectivity index (χ1n) is 9.46. The number of aromatic amines is 1. The highest BCUT2D eigenvalue weighted by Gasteiger charge is 2.26. The van der Waals surface area contributed by atoms with E-state index in [9.17, 15) is 9.18 Å². The molecule has 142 valence electrons. The van der Waals surface area contributed by atoms with Crippen LogP contribution < -0.4 is 0 Å². The van der Waals surface area contributed by atoms with Gasteiger partial charge < -0.3 is 14.3 Å². The molecule has 7 heteroatoms. The minimum Gasteiger partial charge on any atom is -0.342 e. The minimum atomic E-state index is -0.271. The molecule has 0 atom stereocenters. The monoisotopic (exact) mass is 377 g/mol. The molecule has 0 spiro atoms. The zero-order chi connectivity index (χ0) is 19.3. The Morgan fingerprint density at radius 2 is 2.00 bits per heavy atom. The number of nitrogens with zero attached hydrogens (tertiary/aromatic N) is 4. The molecule has 0 radical (unpaired) electrons. The average molecular weight is 377 g/mol. The fourth-order valence-corrected chi connectivity index (χ4v) is 3.98. The van der Waals surface area contributed by atoms with Gasteiger partial charge in [-0.05, 0) is 50.1 Å². The Balaban J connectivity index is 1.30. The van der Waals surface area contributed by atoms with Crippen LogP contribution in [0.25, 0.3) is 16.7 Å². The summed E-state index contributed by atoms with van der Waals surface area (Å²) in [6.45, 7) is 3.28. The number of likely N-dealkylation sites (tertiary alicyclic amines) is 1. The van der Waals surface area contributed by atoms with Crippen molar-refractivity contribution in [3.63, 3.8) is 0 Å². The van der Waals surface area contributed by atoms with Crippen molar-refractivity contribution in [2.75, 3.05) is 13.1 Å². The number of aryl methyl sites for hydroxylation is 1. The summed E-state index contributed by atoms with van der Waals surface area (Å²) in [5.74, 6) is 0.889. The van der Waals surface area contributed by atoms with Crippen LogP contribution in [0.3, 0.4) is 0 Å². The Morgan fingerprint density at radius 3 is 2.82 bits per heavy atom. The number of fused-ring (bicyclic) bond motifs is 2. The summed E-state index contributed by atoms with van der Waals surface area (Å²) in [5.41, 5.74) is 3.87. The third kappa shape index (κ3) is 2.93. The molecule has 0 saturated carbocycles. The van der Waals surface area contributed by atoms with Gasteiger partial charge in [0.2, 0.25) is 0 Å². The molecule has 6 nitrogen and oxygen atoms in total. The molecule has 1 N–H and O–H groups in total. The highest BCUT2D eigenvalue weighted by molar-refractivity contribution is 5.95. The van der Waals surface area contributed by atoms with E-state index in [2.05, 4.69) is 15.0 Å². The Kier molecular flexibility index (Phi) is 3.89. The third-order valence-electron chi connectivity index (χ3n) is 5.46. The van der Waals surface area contributed by atoms with Crippen LogP contribution in [0.15, 0.2) is 42.7 Å². The molecule has 4 heterocycles. The van der Waals surface area contributed by atoms with Gasteiger partial charge in [0, 0.05) is 37.0 Å². The third-order valence-corrected chi connectivity index (χ3v) is 5.46. The number of carbonyl (C=O) groups is 1. The topological polar surface area (TPSA) is 66.3 Å². The molecule has 0 bridgehead atoms. The number of piperidine rings is 1. The van der Waals surface area contributed by atoms with E-state index in [4.69, 9.17) is 0 Å². The fraction of sp³-hybridized carbons (Fsp3) is 0.286. The van der Waals surface area contributed by atoms with Crippen LogP contribution in [-0.4, -0.2) is 43.2 Å². The number of halogens is 1. The maximum absolute atomic E-state index is 13.4. The zero-order valence-electron chi connectivity index (χ0n) is 15.5. The largest absolute Gasteiger partial charge is 0.342 e. The second-order valence-corrected chi connectivity index (χ2v) is 7.41. The number of H-pyrrole nitrogens is 1. The van der Waals surface area contributed by atoms with Gasteiger partial charge in [0.05, 0.1) is 16.7 Å². The summed E-state index contributed by atoms with van der Waals surface area (Å²) in [6.07, 6.45) is 5.48. The number of hydrogen-bond donors (Lipinski definition) is 1. The standard InChI is InChI=1S/C21H20FN5O/c1-13-12-27-9-6-15(10-19(27)23-13)21(28)26-7-4-14(5-8-26)20-24-17-3-2-16(22)11-18(17)25-20/h2-3,6,9-12,14H,4-5,7-8H2,1H3,(H,24,25). The van der Waals surface area contributed by atoms with Crippen molar-refractivity contribution >= 4 is 22.6 Å². The molecule has 5 rings (SSSR count). The zero-order valence-corrected chi connectivity index (χ0v) is 15.5. The van der Waals surface area contributed by atoms with Crippen LogP contribution in [-0.2, 0) is 0 Å². The van der Waals surface area contributed by atoms with E-state index < -0.39 is 0 Å². The summed E-state index contributed by atoms with van der Waals surface area (Å²) in [6, 6.07) is 8.27. The van der Waals surface area contributed by atoms with Gasteiger partial charge in [-0.3, -0.25) is 4.79 Å². The van der Waals surface area contributed by atoms with E-state index in [1.807, 2.05) is 40.8 Å². The molecule has 1 aromatic carbocycles. The number of amides is 1. The lowest BCUT2D eigenvalue weighted by molar-refractivity contribution is 0.0711. The van der Waals surface area contributed by atoms with Crippen LogP contribution in [0.4, 0.5) is 4.39 Å². The van der Waals surface area contributed by atoms with Crippen LogP contribution in [0.1, 0.15) is 40.6 Å². The Morgan fingerprint density at radius 1 is 1.18 bits per heavy atom. The van der Waals surface area contributed by atoms with Gasteiger partial charge in [0.1, 0.15) is 17.3 Å². The number of rotatable bonds is 2. The van der Waals surface area contributed by atoms with E-state index >= 15 is 0 Å². The van der Waals surface area contributed by atoms with E-state index in [0.29, 0.717) is 18.7 Å². The fourth-order valence-electron chi connectivity index (χ4n) is 3.98. The maximum atomic E-state index is 13.4. The first-order valence-corrected chi connectivity index (χ1v) is 9.46. The molecular weight excluding hydrogens is 357 g/mol. The number of hydrogen-bond acceptors (Lipinski definition) is 3. The molecule has 1 amide bonds.